The maximum atomic E-state index is 4.81. The molecule has 0 saturated carbocycles. The van der Waals surface area contributed by atoms with Gasteiger partial charge in [-0.15, -0.1) is 22.7 Å². The first-order valence-corrected chi connectivity index (χ1v) is 9.43. The van der Waals surface area contributed by atoms with E-state index in [2.05, 4.69) is 59.4 Å². The minimum absolute atomic E-state index is 0.289. The molecule has 2 heterocycles. The maximum Gasteiger partial charge on any atom is 0.111 e. The number of nitrogens with one attached hydrogen (secondary N) is 1. The Bertz CT molecular complexity index is 695. The first kappa shape index (κ1) is 15.2. The van der Waals surface area contributed by atoms with Crippen LogP contribution in [0.4, 0.5) is 0 Å². The number of hydrogen-bond donors (Lipinski definition) is 1. The molecule has 21 heavy (non-hydrogen) atoms. The molecule has 110 valence electrons. The molecule has 3 rings (SSSR count). The monoisotopic (exact) mass is 380 g/mol. The van der Waals surface area contributed by atoms with E-state index < -0.39 is 0 Å². The Labute approximate surface area is 141 Å². The molecule has 0 radical (unpaired) electrons. The molecule has 2 nitrogen and oxygen atoms in total. The fraction of sp³-hybridized carbons (Fsp3) is 0.312. The number of aryl methyl sites for hydroxylation is 1. The van der Waals surface area contributed by atoms with Crippen LogP contribution < -0.4 is 5.32 Å². The van der Waals surface area contributed by atoms with Crippen LogP contribution in [0.1, 0.15) is 27.7 Å². The molecule has 2 aromatic heterocycles. The van der Waals surface area contributed by atoms with Gasteiger partial charge in [0, 0.05) is 20.6 Å². The molecule has 0 spiro atoms. The molecule has 0 amide bonds. The standard InChI is InChI=1S/C16H17BrN2S2/c1-3-18-14(9-11-8-12(17)10(2)20-11)16-19-13-6-4-5-7-15(13)21-16/h4-8,14,18H,3,9H2,1-2H3. The third-order valence-corrected chi connectivity index (χ3v) is 6.68. The van der Waals surface area contributed by atoms with E-state index in [1.807, 2.05) is 17.4 Å². The van der Waals surface area contributed by atoms with E-state index in [-0.39, 0.29) is 6.04 Å². The van der Waals surface area contributed by atoms with Crippen LogP contribution in [0.2, 0.25) is 0 Å². The van der Waals surface area contributed by atoms with Crippen LogP contribution in [0.25, 0.3) is 10.2 Å². The van der Waals surface area contributed by atoms with Crippen LogP contribution in [0.5, 0.6) is 0 Å². The number of likely N-dealkylation sites (N-methyl/N-ethyl adjacent to an activating group) is 1. The van der Waals surface area contributed by atoms with Crippen LogP contribution in [0.3, 0.4) is 0 Å². The van der Waals surface area contributed by atoms with Crippen molar-refractivity contribution in [3.8, 4) is 0 Å². The Morgan fingerprint density at radius 2 is 2.10 bits per heavy atom. The number of rotatable bonds is 5. The van der Waals surface area contributed by atoms with Crippen molar-refractivity contribution in [2.75, 3.05) is 6.54 Å². The van der Waals surface area contributed by atoms with Crippen molar-refractivity contribution in [2.24, 2.45) is 0 Å². The van der Waals surface area contributed by atoms with Crippen molar-refractivity contribution in [3.63, 3.8) is 0 Å². The maximum absolute atomic E-state index is 4.81. The molecule has 1 atom stereocenters. The Morgan fingerprint density at radius 1 is 1.29 bits per heavy atom. The van der Waals surface area contributed by atoms with Gasteiger partial charge in [-0.25, -0.2) is 4.98 Å². The van der Waals surface area contributed by atoms with Crippen LogP contribution in [-0.4, -0.2) is 11.5 Å². The van der Waals surface area contributed by atoms with E-state index in [1.165, 1.54) is 23.9 Å². The number of halogens is 1. The zero-order valence-corrected chi connectivity index (χ0v) is 15.2. The van der Waals surface area contributed by atoms with Crippen molar-refractivity contribution in [1.29, 1.82) is 0 Å². The average molecular weight is 381 g/mol. The lowest BCUT2D eigenvalue weighted by Gasteiger charge is -2.14. The second kappa shape index (κ2) is 6.57. The number of benzene rings is 1. The van der Waals surface area contributed by atoms with Gasteiger partial charge in [-0.3, -0.25) is 0 Å². The highest BCUT2D eigenvalue weighted by Gasteiger charge is 2.17. The third-order valence-electron chi connectivity index (χ3n) is 3.37. The number of hydrogen-bond acceptors (Lipinski definition) is 4. The van der Waals surface area contributed by atoms with Gasteiger partial charge in [0.25, 0.3) is 0 Å². The topological polar surface area (TPSA) is 24.9 Å². The van der Waals surface area contributed by atoms with Crippen LogP contribution in [-0.2, 0) is 6.42 Å². The summed E-state index contributed by atoms with van der Waals surface area (Å²) in [6.45, 7) is 5.25. The third kappa shape index (κ3) is 3.37. The van der Waals surface area contributed by atoms with Gasteiger partial charge < -0.3 is 5.32 Å². The minimum atomic E-state index is 0.289. The van der Waals surface area contributed by atoms with Gasteiger partial charge in [0.15, 0.2) is 0 Å². The highest BCUT2D eigenvalue weighted by molar-refractivity contribution is 9.10. The minimum Gasteiger partial charge on any atom is -0.308 e. The number of nitrogens with zero attached hydrogens (tertiary/aromatic N) is 1. The largest absolute Gasteiger partial charge is 0.308 e. The Morgan fingerprint density at radius 3 is 2.76 bits per heavy atom. The summed E-state index contributed by atoms with van der Waals surface area (Å²) in [5.41, 5.74) is 1.10. The van der Waals surface area contributed by atoms with E-state index in [1.54, 1.807) is 11.3 Å². The lowest BCUT2D eigenvalue weighted by Crippen LogP contribution is -2.22. The summed E-state index contributed by atoms with van der Waals surface area (Å²) in [5, 5.41) is 4.76. The Hall–Kier alpha value is -0.750. The zero-order valence-electron chi connectivity index (χ0n) is 12.0. The summed E-state index contributed by atoms with van der Waals surface area (Å²) in [6, 6.07) is 10.9. The van der Waals surface area contributed by atoms with Gasteiger partial charge in [-0.2, -0.15) is 0 Å². The van der Waals surface area contributed by atoms with Crippen molar-refractivity contribution in [3.05, 3.63) is 49.6 Å². The van der Waals surface area contributed by atoms with E-state index in [0.717, 1.165) is 18.5 Å². The summed E-state index contributed by atoms with van der Waals surface area (Å²) in [4.78, 5) is 7.54. The molecule has 0 aliphatic heterocycles. The van der Waals surface area contributed by atoms with Crippen molar-refractivity contribution < 1.29 is 0 Å². The predicted octanol–water partition coefficient (Wildman–Crippen LogP) is 5.32. The number of thiazole rings is 1. The summed E-state index contributed by atoms with van der Waals surface area (Å²) in [5.74, 6) is 0. The smallest absolute Gasteiger partial charge is 0.111 e. The molecule has 0 aliphatic rings. The first-order valence-electron chi connectivity index (χ1n) is 7.01. The quantitative estimate of drug-likeness (QED) is 0.647. The molecular formula is C16H17BrN2S2. The predicted molar refractivity (Wildman–Crippen MR) is 96.5 cm³/mol. The highest BCUT2D eigenvalue weighted by atomic mass is 79.9. The molecule has 5 heteroatoms. The van der Waals surface area contributed by atoms with Crippen LogP contribution in [0.15, 0.2) is 34.8 Å². The van der Waals surface area contributed by atoms with E-state index in [0.29, 0.717) is 0 Å². The molecule has 0 saturated heterocycles. The van der Waals surface area contributed by atoms with Gasteiger partial charge in [0.05, 0.1) is 16.3 Å². The Balaban J connectivity index is 1.89. The fourth-order valence-electron chi connectivity index (χ4n) is 2.35. The van der Waals surface area contributed by atoms with Gasteiger partial charge in [-0.1, -0.05) is 19.1 Å². The molecule has 0 aliphatic carbocycles. The Kier molecular flexibility index (Phi) is 4.74. The van der Waals surface area contributed by atoms with Crippen molar-refractivity contribution >= 4 is 48.8 Å². The van der Waals surface area contributed by atoms with Gasteiger partial charge in [0.1, 0.15) is 5.01 Å². The number of fused-ring (bicyclic) bond motifs is 1. The average Bonchev–Trinajstić information content (AvgIpc) is 3.02. The molecule has 3 aromatic rings. The number of thiophene rings is 1. The normalized spacial score (nSPS) is 12.9. The fourth-order valence-corrected chi connectivity index (χ4v) is 5.04. The van der Waals surface area contributed by atoms with Crippen LogP contribution >= 0.6 is 38.6 Å². The van der Waals surface area contributed by atoms with Crippen molar-refractivity contribution in [2.45, 2.75) is 26.3 Å². The van der Waals surface area contributed by atoms with Gasteiger partial charge in [0.2, 0.25) is 0 Å². The summed E-state index contributed by atoms with van der Waals surface area (Å²) < 4.78 is 2.47. The lowest BCUT2D eigenvalue weighted by molar-refractivity contribution is 0.551. The molecular weight excluding hydrogens is 364 g/mol. The molecule has 0 fully saturated rings. The SMILES string of the molecule is CCNC(Cc1cc(Br)c(C)s1)c1nc2ccccc2s1. The van der Waals surface area contributed by atoms with Gasteiger partial charge in [-0.05, 0) is 47.6 Å². The molecule has 0 bridgehead atoms. The molecule has 1 aromatic carbocycles. The van der Waals surface area contributed by atoms with Crippen LogP contribution in [0, 0.1) is 6.92 Å². The molecule has 1 unspecified atom stereocenters. The second-order valence-corrected chi connectivity index (χ2v) is 8.21. The summed E-state index contributed by atoms with van der Waals surface area (Å²) in [6.07, 6.45) is 0.991. The van der Waals surface area contributed by atoms with E-state index >= 15 is 0 Å². The summed E-state index contributed by atoms with van der Waals surface area (Å²) in [7, 11) is 0. The zero-order chi connectivity index (χ0) is 14.8. The van der Waals surface area contributed by atoms with E-state index in [9.17, 15) is 0 Å². The van der Waals surface area contributed by atoms with E-state index in [4.69, 9.17) is 4.98 Å². The number of aromatic nitrogens is 1. The summed E-state index contributed by atoms with van der Waals surface area (Å²) >= 11 is 7.26. The first-order chi connectivity index (χ1) is 10.2. The lowest BCUT2D eigenvalue weighted by atomic mass is 10.2. The number of para-hydroxylation sites is 1. The molecule has 1 N–H and O–H groups in total. The van der Waals surface area contributed by atoms with Gasteiger partial charge >= 0.3 is 0 Å². The van der Waals surface area contributed by atoms with Crippen molar-refractivity contribution in [1.82, 2.24) is 10.3 Å². The highest BCUT2D eigenvalue weighted by Crippen LogP contribution is 2.32. The second-order valence-electron chi connectivity index (χ2n) is 4.95.